The summed E-state index contributed by atoms with van der Waals surface area (Å²) in [4.78, 5) is 8.07. The van der Waals surface area contributed by atoms with E-state index >= 15 is 0 Å². The lowest BCUT2D eigenvalue weighted by Crippen LogP contribution is -1.95. The molecule has 21 heavy (non-hydrogen) atoms. The van der Waals surface area contributed by atoms with Crippen LogP contribution in [-0.2, 0) is 6.42 Å². The van der Waals surface area contributed by atoms with Crippen LogP contribution in [0.3, 0.4) is 0 Å². The van der Waals surface area contributed by atoms with Crippen LogP contribution in [0.5, 0.6) is 0 Å². The number of nitrogen functional groups attached to an aromatic ring is 1. The third-order valence-corrected chi connectivity index (χ3v) is 2.87. The molecule has 5 nitrogen and oxygen atoms in total. The second-order valence-corrected chi connectivity index (χ2v) is 4.40. The number of aromatic nitrogens is 3. The molecule has 106 valence electrons. The molecule has 0 spiro atoms. The first-order valence-corrected chi connectivity index (χ1v) is 6.10. The van der Waals surface area contributed by atoms with Gasteiger partial charge in [0.1, 0.15) is 17.5 Å². The van der Waals surface area contributed by atoms with E-state index in [9.17, 15) is 8.78 Å². The van der Waals surface area contributed by atoms with Gasteiger partial charge in [-0.15, -0.1) is 0 Å². The minimum atomic E-state index is -0.643. The van der Waals surface area contributed by atoms with E-state index in [0.29, 0.717) is 22.8 Å². The number of anilines is 1. The van der Waals surface area contributed by atoms with Crippen molar-refractivity contribution in [2.24, 2.45) is 0 Å². The van der Waals surface area contributed by atoms with E-state index in [0.717, 1.165) is 6.07 Å². The van der Waals surface area contributed by atoms with Crippen LogP contribution in [0.25, 0.3) is 11.5 Å². The van der Waals surface area contributed by atoms with Gasteiger partial charge in [-0.1, -0.05) is 11.2 Å². The second kappa shape index (κ2) is 5.28. The molecule has 0 saturated heterocycles. The fourth-order valence-corrected chi connectivity index (χ4v) is 1.81. The van der Waals surface area contributed by atoms with E-state index < -0.39 is 11.6 Å². The van der Waals surface area contributed by atoms with E-state index in [1.54, 1.807) is 12.1 Å². The standard InChI is InChI=1S/C14H10F2N4O/c15-10-3-1-8(11(16)6-10)5-13-19-14(21-20-13)9-2-4-12(17)18-7-9/h1-4,6-7H,5H2,(H2,17,18). The molecule has 2 aromatic heterocycles. The summed E-state index contributed by atoms with van der Waals surface area (Å²) in [7, 11) is 0. The van der Waals surface area contributed by atoms with Crippen LogP contribution in [-0.4, -0.2) is 15.1 Å². The van der Waals surface area contributed by atoms with Crippen molar-refractivity contribution in [1.82, 2.24) is 15.1 Å². The summed E-state index contributed by atoms with van der Waals surface area (Å²) in [5.41, 5.74) is 6.40. The van der Waals surface area contributed by atoms with Crippen LogP contribution in [0.2, 0.25) is 0 Å². The maximum Gasteiger partial charge on any atom is 0.259 e. The SMILES string of the molecule is Nc1ccc(-c2nc(Cc3ccc(F)cc3F)no2)cn1. The lowest BCUT2D eigenvalue weighted by atomic mass is 10.1. The predicted octanol–water partition coefficient (Wildman–Crippen LogP) is 2.58. The van der Waals surface area contributed by atoms with E-state index in [-0.39, 0.29) is 12.3 Å². The van der Waals surface area contributed by atoms with Crippen LogP contribution >= 0.6 is 0 Å². The van der Waals surface area contributed by atoms with Gasteiger partial charge in [-0.25, -0.2) is 13.8 Å². The summed E-state index contributed by atoms with van der Waals surface area (Å²) in [6.07, 6.45) is 1.61. The first kappa shape index (κ1) is 13.2. The number of rotatable bonds is 3. The van der Waals surface area contributed by atoms with Crippen LogP contribution in [0, 0.1) is 11.6 Å². The Kier molecular flexibility index (Phi) is 3.31. The Morgan fingerprint density at radius 2 is 2.00 bits per heavy atom. The predicted molar refractivity (Wildman–Crippen MR) is 71.1 cm³/mol. The quantitative estimate of drug-likeness (QED) is 0.801. The zero-order chi connectivity index (χ0) is 14.8. The number of benzene rings is 1. The minimum absolute atomic E-state index is 0.109. The van der Waals surface area contributed by atoms with Gasteiger partial charge >= 0.3 is 0 Å². The summed E-state index contributed by atoms with van der Waals surface area (Å²) < 4.78 is 31.5. The van der Waals surface area contributed by atoms with Gasteiger partial charge < -0.3 is 10.3 Å². The zero-order valence-corrected chi connectivity index (χ0v) is 10.8. The normalized spacial score (nSPS) is 10.8. The third kappa shape index (κ3) is 2.86. The number of hydrogen-bond donors (Lipinski definition) is 1. The molecule has 3 rings (SSSR count). The van der Waals surface area contributed by atoms with Gasteiger partial charge in [-0.3, -0.25) is 0 Å². The minimum Gasteiger partial charge on any atom is -0.384 e. The molecule has 2 heterocycles. The van der Waals surface area contributed by atoms with Gasteiger partial charge in [0.2, 0.25) is 0 Å². The Morgan fingerprint density at radius 3 is 2.71 bits per heavy atom. The molecule has 7 heteroatoms. The molecular weight excluding hydrogens is 278 g/mol. The van der Waals surface area contributed by atoms with E-state index in [1.165, 1.54) is 18.3 Å². The summed E-state index contributed by atoms with van der Waals surface area (Å²) in [6, 6.07) is 6.66. The molecule has 0 atom stereocenters. The van der Waals surface area contributed by atoms with Gasteiger partial charge in [0.15, 0.2) is 5.82 Å². The number of nitrogens with zero attached hydrogens (tertiary/aromatic N) is 3. The Bertz CT molecular complexity index is 771. The highest BCUT2D eigenvalue weighted by molar-refractivity contribution is 5.53. The molecule has 0 aliphatic rings. The fraction of sp³-hybridized carbons (Fsp3) is 0.0714. The largest absolute Gasteiger partial charge is 0.384 e. The van der Waals surface area contributed by atoms with E-state index in [2.05, 4.69) is 15.1 Å². The summed E-state index contributed by atoms with van der Waals surface area (Å²) in [5, 5.41) is 3.77. The van der Waals surface area contributed by atoms with Crippen molar-refractivity contribution in [3.05, 3.63) is 59.6 Å². The Balaban J connectivity index is 1.83. The Hall–Kier alpha value is -2.83. The zero-order valence-electron chi connectivity index (χ0n) is 10.8. The first-order chi connectivity index (χ1) is 10.1. The summed E-state index contributed by atoms with van der Waals surface area (Å²) in [5.74, 6) is -0.326. The number of halogens is 2. The maximum absolute atomic E-state index is 13.6. The van der Waals surface area contributed by atoms with Gasteiger partial charge in [0, 0.05) is 18.7 Å². The molecule has 0 radical (unpaired) electrons. The molecule has 2 N–H and O–H groups in total. The summed E-state index contributed by atoms with van der Waals surface area (Å²) >= 11 is 0. The Morgan fingerprint density at radius 1 is 1.14 bits per heavy atom. The first-order valence-electron chi connectivity index (χ1n) is 6.10. The van der Waals surface area contributed by atoms with Gasteiger partial charge in [-0.2, -0.15) is 4.98 Å². The molecule has 1 aromatic carbocycles. The second-order valence-electron chi connectivity index (χ2n) is 4.40. The number of pyridine rings is 1. The third-order valence-electron chi connectivity index (χ3n) is 2.87. The highest BCUT2D eigenvalue weighted by Gasteiger charge is 2.12. The van der Waals surface area contributed by atoms with Crippen LogP contribution in [0.15, 0.2) is 41.1 Å². The van der Waals surface area contributed by atoms with E-state index in [4.69, 9.17) is 10.3 Å². The van der Waals surface area contributed by atoms with Crippen molar-refractivity contribution < 1.29 is 13.3 Å². The van der Waals surface area contributed by atoms with Gasteiger partial charge in [0.25, 0.3) is 5.89 Å². The van der Waals surface area contributed by atoms with Crippen molar-refractivity contribution in [2.75, 3.05) is 5.73 Å². The van der Waals surface area contributed by atoms with Crippen molar-refractivity contribution in [3.63, 3.8) is 0 Å². The van der Waals surface area contributed by atoms with Crippen molar-refractivity contribution in [1.29, 1.82) is 0 Å². The van der Waals surface area contributed by atoms with Crippen molar-refractivity contribution in [3.8, 4) is 11.5 Å². The van der Waals surface area contributed by atoms with Crippen LogP contribution in [0.1, 0.15) is 11.4 Å². The maximum atomic E-state index is 13.6. The molecule has 0 aliphatic carbocycles. The Labute approximate surface area is 118 Å². The molecular formula is C14H10F2N4O. The molecule has 3 aromatic rings. The van der Waals surface area contributed by atoms with Gasteiger partial charge in [-0.05, 0) is 23.8 Å². The lowest BCUT2D eigenvalue weighted by Gasteiger charge is -1.99. The highest BCUT2D eigenvalue weighted by Crippen LogP contribution is 2.19. The molecule has 0 unspecified atom stereocenters. The number of nitrogens with two attached hydrogens (primary N) is 1. The van der Waals surface area contributed by atoms with Crippen molar-refractivity contribution >= 4 is 5.82 Å². The fourth-order valence-electron chi connectivity index (χ4n) is 1.81. The van der Waals surface area contributed by atoms with Gasteiger partial charge in [0.05, 0.1) is 5.56 Å². The highest BCUT2D eigenvalue weighted by atomic mass is 19.1. The lowest BCUT2D eigenvalue weighted by molar-refractivity contribution is 0.423. The molecule has 0 amide bonds. The van der Waals surface area contributed by atoms with E-state index in [1.807, 2.05) is 0 Å². The number of hydrogen-bond acceptors (Lipinski definition) is 5. The van der Waals surface area contributed by atoms with Crippen LogP contribution in [0.4, 0.5) is 14.6 Å². The molecule has 0 saturated carbocycles. The average Bonchev–Trinajstić information content (AvgIpc) is 2.91. The van der Waals surface area contributed by atoms with Crippen molar-refractivity contribution in [2.45, 2.75) is 6.42 Å². The molecule has 0 aliphatic heterocycles. The average molecular weight is 288 g/mol. The topological polar surface area (TPSA) is 77.8 Å². The molecule has 0 fully saturated rings. The van der Waals surface area contributed by atoms with Crippen LogP contribution < -0.4 is 5.73 Å². The smallest absolute Gasteiger partial charge is 0.259 e. The summed E-state index contributed by atoms with van der Waals surface area (Å²) in [6.45, 7) is 0. The monoisotopic (exact) mass is 288 g/mol. The molecule has 0 bridgehead atoms.